The first-order chi connectivity index (χ1) is 18.0. The van der Waals surface area contributed by atoms with Crippen LogP contribution in [0.15, 0.2) is 68.5 Å². The summed E-state index contributed by atoms with van der Waals surface area (Å²) in [5.74, 6) is 0.591. The van der Waals surface area contributed by atoms with Crippen molar-refractivity contribution in [2.75, 3.05) is 0 Å². The molecule has 0 aliphatic rings. The van der Waals surface area contributed by atoms with Gasteiger partial charge in [0.05, 0.1) is 27.5 Å². The topological polar surface area (TPSA) is 46.0 Å². The normalized spacial score (nSPS) is 14.1. The molecule has 2 heterocycles. The number of aryl methyl sites for hydroxylation is 2. The molecule has 0 unspecified atom stereocenters. The summed E-state index contributed by atoms with van der Waals surface area (Å²) < 4.78 is 1.45. The molecule has 0 aliphatic heterocycles. The van der Waals surface area contributed by atoms with Gasteiger partial charge in [-0.25, -0.2) is 9.97 Å². The molecular formula is C32H47IN2OS2. The van der Waals surface area contributed by atoms with Gasteiger partial charge in [-0.05, 0) is 110 Å². The summed E-state index contributed by atoms with van der Waals surface area (Å²) >= 11 is 5.75. The summed E-state index contributed by atoms with van der Waals surface area (Å²) in [4.78, 5) is 8.83. The van der Waals surface area contributed by atoms with Crippen molar-refractivity contribution in [1.82, 2.24) is 9.97 Å². The highest BCUT2D eigenvalue weighted by Crippen LogP contribution is 2.22. The van der Waals surface area contributed by atoms with Crippen LogP contribution in [0.4, 0.5) is 0 Å². The molecule has 2 aromatic heterocycles. The molecule has 2 rings (SSSR count). The summed E-state index contributed by atoms with van der Waals surface area (Å²) in [6.45, 7) is 23.7. The fraction of sp³-hybridized carbons (Fsp3) is 0.438. The standard InChI is InChI=1S/C15H21NOS.C14H20INS.C3H6/c1-5-13(6-2)7-8-15(17)11(3)9-14-10-18-12(4)16-14;1-5-13(15)7-6-10(2)11(3)8-14-9-17-12(4)16-14;1-3-2/h5,7,9-10,15,17H,1,6,8H2,2-4H3;7-10H,5-6H2,1-4H3;3H,1H2,2H3/b11-9+,13-7+;11-8+,13-7-;/t15-;10-;/m00./s1. The molecule has 0 bridgehead atoms. The van der Waals surface area contributed by atoms with Gasteiger partial charge in [0, 0.05) is 10.8 Å². The minimum absolute atomic E-state index is 0.450. The van der Waals surface area contributed by atoms with E-state index in [-0.39, 0.29) is 0 Å². The number of halogens is 1. The van der Waals surface area contributed by atoms with Crippen molar-refractivity contribution in [3.05, 3.63) is 89.9 Å². The Hall–Kier alpha value is -1.61. The van der Waals surface area contributed by atoms with E-state index in [0.717, 1.165) is 46.2 Å². The minimum Gasteiger partial charge on any atom is -0.388 e. The van der Waals surface area contributed by atoms with Gasteiger partial charge in [0.2, 0.25) is 0 Å². The Bertz CT molecular complexity index is 1090. The Morgan fingerprint density at radius 1 is 0.947 bits per heavy atom. The number of nitrogens with zero attached hydrogens (tertiary/aromatic N) is 2. The summed E-state index contributed by atoms with van der Waals surface area (Å²) in [5.41, 5.74) is 5.55. The summed E-state index contributed by atoms with van der Waals surface area (Å²) in [6.07, 6.45) is 15.5. The van der Waals surface area contributed by atoms with Crippen LogP contribution in [-0.2, 0) is 0 Å². The number of hydrogen-bond donors (Lipinski definition) is 1. The molecule has 0 fully saturated rings. The van der Waals surface area contributed by atoms with Crippen molar-refractivity contribution in [1.29, 1.82) is 0 Å². The third-order valence-corrected chi connectivity index (χ3v) is 8.42. The van der Waals surface area contributed by atoms with Crippen LogP contribution in [0.5, 0.6) is 0 Å². The van der Waals surface area contributed by atoms with E-state index in [1.807, 2.05) is 51.3 Å². The van der Waals surface area contributed by atoms with Gasteiger partial charge >= 0.3 is 0 Å². The number of hydrogen-bond acceptors (Lipinski definition) is 5. The fourth-order valence-corrected chi connectivity index (χ4v) is 4.45. The lowest BCUT2D eigenvalue weighted by molar-refractivity contribution is 0.215. The maximum atomic E-state index is 10.1. The molecule has 0 radical (unpaired) electrons. The molecule has 0 saturated carbocycles. The Morgan fingerprint density at radius 3 is 1.84 bits per heavy atom. The summed E-state index contributed by atoms with van der Waals surface area (Å²) in [7, 11) is 0. The quantitative estimate of drug-likeness (QED) is 0.147. The first-order valence-corrected chi connectivity index (χ1v) is 16.0. The van der Waals surface area contributed by atoms with Crippen molar-refractivity contribution < 1.29 is 5.11 Å². The van der Waals surface area contributed by atoms with Crippen LogP contribution in [0.3, 0.4) is 0 Å². The minimum atomic E-state index is -0.450. The molecule has 0 amide bonds. The van der Waals surface area contributed by atoms with Gasteiger partial charge < -0.3 is 5.11 Å². The average molecular weight is 667 g/mol. The maximum Gasteiger partial charge on any atom is 0.0901 e. The highest BCUT2D eigenvalue weighted by atomic mass is 127. The van der Waals surface area contributed by atoms with Crippen molar-refractivity contribution in [2.24, 2.45) is 5.92 Å². The zero-order chi connectivity index (χ0) is 29.1. The van der Waals surface area contributed by atoms with Gasteiger partial charge in [-0.2, -0.15) is 0 Å². The monoisotopic (exact) mass is 666 g/mol. The van der Waals surface area contributed by atoms with Gasteiger partial charge in [-0.3, -0.25) is 0 Å². The molecule has 3 nitrogen and oxygen atoms in total. The van der Waals surface area contributed by atoms with Crippen LogP contribution in [0.25, 0.3) is 12.2 Å². The fourth-order valence-electron chi connectivity index (χ4n) is 3.05. The SMILES string of the molecule is C=C/C(=C\C[C@H](O)/C(C)=C/c1csc(C)n1)CC.C=CC.CC/C(I)=C/C[C@H](C)/C(C)=C/c1csc(C)n1. The Morgan fingerprint density at radius 2 is 1.45 bits per heavy atom. The number of thiazole rings is 2. The van der Waals surface area contributed by atoms with E-state index >= 15 is 0 Å². The maximum absolute atomic E-state index is 10.1. The smallest absolute Gasteiger partial charge is 0.0901 e. The zero-order valence-corrected chi connectivity index (χ0v) is 28.3. The number of aromatic nitrogens is 2. The molecule has 210 valence electrons. The number of aliphatic hydroxyl groups excluding tert-OH is 1. The molecule has 0 aromatic carbocycles. The van der Waals surface area contributed by atoms with Gasteiger partial charge in [0.1, 0.15) is 0 Å². The van der Waals surface area contributed by atoms with Crippen LogP contribution in [0.1, 0.15) is 88.6 Å². The van der Waals surface area contributed by atoms with Crippen LogP contribution < -0.4 is 0 Å². The van der Waals surface area contributed by atoms with Gasteiger partial charge in [0.15, 0.2) is 0 Å². The third-order valence-electron chi connectivity index (χ3n) is 5.63. The lowest BCUT2D eigenvalue weighted by Crippen LogP contribution is -2.06. The van der Waals surface area contributed by atoms with Crippen molar-refractivity contribution in [3.8, 4) is 0 Å². The molecule has 2 aromatic rings. The largest absolute Gasteiger partial charge is 0.388 e. The highest BCUT2D eigenvalue weighted by molar-refractivity contribution is 14.1. The second kappa shape index (κ2) is 21.2. The summed E-state index contributed by atoms with van der Waals surface area (Å²) in [6, 6.07) is 0. The first-order valence-electron chi connectivity index (χ1n) is 13.1. The van der Waals surface area contributed by atoms with Crippen molar-refractivity contribution >= 4 is 57.4 Å². The van der Waals surface area contributed by atoms with Crippen molar-refractivity contribution in [3.63, 3.8) is 0 Å². The Kier molecular flexibility index (Phi) is 20.3. The van der Waals surface area contributed by atoms with E-state index in [1.54, 1.807) is 28.7 Å². The van der Waals surface area contributed by atoms with E-state index in [1.165, 1.54) is 14.7 Å². The van der Waals surface area contributed by atoms with Gasteiger partial charge in [0.25, 0.3) is 0 Å². The highest BCUT2D eigenvalue weighted by Gasteiger charge is 2.06. The predicted octanol–water partition coefficient (Wildman–Crippen LogP) is 10.9. The van der Waals surface area contributed by atoms with E-state index < -0.39 is 6.10 Å². The number of aliphatic hydroxyl groups is 1. The zero-order valence-electron chi connectivity index (χ0n) is 24.6. The average Bonchev–Trinajstić information content (AvgIpc) is 3.50. The Labute approximate surface area is 254 Å². The molecule has 0 aliphatic carbocycles. The first kappa shape index (κ1) is 36.4. The van der Waals surface area contributed by atoms with E-state index in [9.17, 15) is 5.11 Å². The lowest BCUT2D eigenvalue weighted by Gasteiger charge is -2.09. The number of allylic oxidation sites excluding steroid dienone is 6. The van der Waals surface area contributed by atoms with Gasteiger partial charge in [-0.15, -0.1) is 29.3 Å². The molecule has 0 saturated heterocycles. The third kappa shape index (κ3) is 16.4. The molecule has 6 heteroatoms. The van der Waals surface area contributed by atoms with Crippen LogP contribution >= 0.6 is 45.3 Å². The molecule has 0 spiro atoms. The summed E-state index contributed by atoms with van der Waals surface area (Å²) in [5, 5.41) is 16.4. The van der Waals surface area contributed by atoms with Crippen LogP contribution in [0.2, 0.25) is 0 Å². The van der Waals surface area contributed by atoms with E-state index in [2.05, 4.69) is 90.9 Å². The van der Waals surface area contributed by atoms with Crippen LogP contribution in [-0.4, -0.2) is 21.2 Å². The molecule has 2 atom stereocenters. The second-order valence-electron chi connectivity index (χ2n) is 9.00. The molecule has 1 N–H and O–H groups in total. The van der Waals surface area contributed by atoms with E-state index in [0.29, 0.717) is 12.3 Å². The van der Waals surface area contributed by atoms with E-state index in [4.69, 9.17) is 0 Å². The van der Waals surface area contributed by atoms with Crippen molar-refractivity contribution in [2.45, 2.75) is 87.2 Å². The Balaban J connectivity index is 0.000000654. The molecule has 38 heavy (non-hydrogen) atoms. The molecular weight excluding hydrogens is 619 g/mol. The van der Waals surface area contributed by atoms with Gasteiger partial charge in [-0.1, -0.05) is 62.8 Å². The second-order valence-corrected chi connectivity index (χ2v) is 12.5. The number of rotatable bonds is 11. The predicted molar refractivity (Wildman–Crippen MR) is 182 cm³/mol. The lowest BCUT2D eigenvalue weighted by atomic mass is 9.98. The van der Waals surface area contributed by atoms with Crippen LogP contribution in [0, 0.1) is 19.8 Å².